The van der Waals surface area contributed by atoms with Crippen LogP contribution in [0.5, 0.6) is 0 Å². The number of benzene rings is 9. The van der Waals surface area contributed by atoms with E-state index in [0.717, 1.165) is 0 Å². The Labute approximate surface area is 245 Å². The van der Waals surface area contributed by atoms with Gasteiger partial charge in [-0.3, -0.25) is 0 Å². The molecule has 9 rings (SSSR count). The molecule has 0 spiro atoms. The first-order valence-corrected chi connectivity index (χ1v) is 11.8. The van der Waals surface area contributed by atoms with Gasteiger partial charge in [0.15, 0.2) is 0 Å². The molecule has 0 bridgehead atoms. The van der Waals surface area contributed by atoms with E-state index >= 15 is 0 Å². The molecule has 0 saturated carbocycles. The van der Waals surface area contributed by atoms with Crippen molar-refractivity contribution in [3.05, 3.63) is 133 Å². The molecule has 174 valence electrons. The molecular formula is C38H22. The van der Waals surface area contributed by atoms with E-state index in [2.05, 4.69) is 0 Å². The third-order valence-corrected chi connectivity index (χ3v) is 7.06. The molecular weight excluding hydrogens is 456 g/mol. The molecule has 0 N–H and O–H groups in total. The summed E-state index contributed by atoms with van der Waals surface area (Å²) in [4.78, 5) is 0. The summed E-state index contributed by atoms with van der Waals surface area (Å²) in [5.41, 5.74) is 0.193. The highest BCUT2D eigenvalue weighted by molar-refractivity contribution is 6.27. The van der Waals surface area contributed by atoms with Crippen LogP contribution in [0, 0.1) is 0 Å². The van der Waals surface area contributed by atoms with Gasteiger partial charge in [0, 0.05) is 0 Å². The minimum absolute atomic E-state index is 0.00499. The second-order valence-corrected chi connectivity index (χ2v) is 9.08. The molecule has 0 saturated heterocycles. The van der Waals surface area contributed by atoms with Crippen molar-refractivity contribution in [1.82, 2.24) is 0 Å². The van der Waals surface area contributed by atoms with Gasteiger partial charge < -0.3 is 0 Å². The third kappa shape index (κ3) is 2.64. The van der Waals surface area contributed by atoms with Crippen molar-refractivity contribution >= 4 is 64.6 Å². The zero-order valence-corrected chi connectivity index (χ0v) is 19.3. The van der Waals surface area contributed by atoms with E-state index in [4.69, 9.17) is 19.2 Å². The van der Waals surface area contributed by atoms with Gasteiger partial charge in [-0.25, -0.2) is 0 Å². The Morgan fingerprint density at radius 1 is 0.368 bits per heavy atom. The zero-order chi connectivity index (χ0) is 40.5. The van der Waals surface area contributed by atoms with Crippen LogP contribution >= 0.6 is 0 Å². The van der Waals surface area contributed by atoms with Gasteiger partial charge in [0.1, 0.15) is 0 Å². The van der Waals surface area contributed by atoms with Crippen molar-refractivity contribution in [2.75, 3.05) is 0 Å². The van der Waals surface area contributed by atoms with E-state index in [1.807, 2.05) is 0 Å². The summed E-state index contributed by atoms with van der Waals surface area (Å²) in [6, 6.07) is -3.36. The Bertz CT molecular complexity index is 3070. The van der Waals surface area contributed by atoms with E-state index in [1.165, 1.54) is 24.3 Å². The van der Waals surface area contributed by atoms with Crippen LogP contribution in [0.15, 0.2) is 133 Å². The fourth-order valence-corrected chi connectivity index (χ4v) is 5.39. The minimum Gasteiger partial charge on any atom is -0.0610 e. The van der Waals surface area contributed by atoms with Crippen LogP contribution in [0.2, 0.25) is 0 Å². The Hall–Kier alpha value is -4.94. The van der Waals surface area contributed by atoms with Gasteiger partial charge in [0.2, 0.25) is 0 Å². The van der Waals surface area contributed by atoms with E-state index < -0.39 is 109 Å². The highest BCUT2D eigenvalue weighted by Gasteiger charge is 2.15. The van der Waals surface area contributed by atoms with Crippen molar-refractivity contribution in [3.8, 4) is 22.3 Å². The van der Waals surface area contributed by atoms with Gasteiger partial charge in [-0.1, -0.05) is 127 Å². The van der Waals surface area contributed by atoms with Crippen molar-refractivity contribution in [3.63, 3.8) is 0 Å². The molecule has 9 aromatic rings. The first kappa shape index (κ1) is 9.74. The maximum absolute atomic E-state index is 9.20. The summed E-state index contributed by atoms with van der Waals surface area (Å²) in [5.74, 6) is 0. The summed E-state index contributed by atoms with van der Waals surface area (Å²) < 4.78 is 159. The monoisotopic (exact) mass is 496 g/mol. The first-order chi connectivity index (χ1) is 26.4. The minimum atomic E-state index is -0.593. The lowest BCUT2D eigenvalue weighted by atomic mass is 9.87. The van der Waals surface area contributed by atoms with Gasteiger partial charge in [-0.05, 0) is 93.0 Å². The number of hydrogen-bond acceptors (Lipinski definition) is 0. The van der Waals surface area contributed by atoms with Crippen molar-refractivity contribution in [2.45, 2.75) is 0 Å². The highest BCUT2D eigenvalue weighted by Crippen LogP contribution is 2.42. The van der Waals surface area contributed by atoms with Crippen LogP contribution in [0.25, 0.3) is 86.9 Å². The molecule has 0 atom stereocenters. The average molecular weight is 497 g/mol. The fourth-order valence-electron chi connectivity index (χ4n) is 5.39. The summed E-state index contributed by atoms with van der Waals surface area (Å²) in [5, 5.41) is -1.40. The molecule has 0 nitrogen and oxygen atoms in total. The topological polar surface area (TPSA) is 0 Å². The Morgan fingerprint density at radius 3 is 1.18 bits per heavy atom. The van der Waals surface area contributed by atoms with Gasteiger partial charge >= 0.3 is 0 Å². The van der Waals surface area contributed by atoms with E-state index in [-0.39, 0.29) is 86.9 Å². The van der Waals surface area contributed by atoms with Crippen molar-refractivity contribution < 1.29 is 24.7 Å². The van der Waals surface area contributed by atoms with Crippen LogP contribution < -0.4 is 0 Å². The maximum Gasteiger partial charge on any atom is 0.0630 e. The van der Waals surface area contributed by atoms with Crippen LogP contribution in [0.1, 0.15) is 24.7 Å². The van der Waals surface area contributed by atoms with Crippen molar-refractivity contribution in [1.29, 1.82) is 0 Å². The molecule has 0 aliphatic carbocycles. The molecule has 0 heterocycles. The Morgan fingerprint density at radius 2 is 0.737 bits per heavy atom. The SMILES string of the molecule is [2H]c1c([2H])c2c([2H])c([2H])c3c([2H])c([2H])c(-c4cccc(-c5c([2H])c([2H])c6c([2H])c([2H])c7c([2H])c([2H])c([2H])c8c([2H])c([2H])c5c6c78)c4)c4c([2H])c([2H])c(c1[2H])c2c34. The lowest BCUT2D eigenvalue weighted by Crippen LogP contribution is -1.89. The van der Waals surface area contributed by atoms with Crippen LogP contribution in [-0.4, -0.2) is 0 Å². The van der Waals surface area contributed by atoms with Crippen LogP contribution in [0.4, 0.5) is 0 Å². The van der Waals surface area contributed by atoms with Gasteiger partial charge in [-0.15, -0.1) is 0 Å². The molecule has 0 aromatic heterocycles. The molecule has 38 heavy (non-hydrogen) atoms. The van der Waals surface area contributed by atoms with Crippen LogP contribution in [-0.2, 0) is 0 Å². The smallest absolute Gasteiger partial charge is 0.0610 e. The Balaban J connectivity index is 1.46. The zero-order valence-electron chi connectivity index (χ0n) is 37.3. The third-order valence-electron chi connectivity index (χ3n) is 7.06. The first-order valence-electron chi connectivity index (χ1n) is 20.8. The number of rotatable bonds is 2. The predicted molar refractivity (Wildman–Crippen MR) is 165 cm³/mol. The molecule has 0 aliphatic rings. The lowest BCUT2D eigenvalue weighted by molar-refractivity contribution is 1.64. The average Bonchev–Trinajstić information content (AvgIpc) is 3.16. The summed E-state index contributed by atoms with van der Waals surface area (Å²) in [6.45, 7) is 0. The molecule has 0 radical (unpaired) electrons. The van der Waals surface area contributed by atoms with Gasteiger partial charge in [-0.2, -0.15) is 0 Å². The number of hydrogen-bond donors (Lipinski definition) is 0. The Kier molecular flexibility index (Phi) is 1.87. The summed E-state index contributed by atoms with van der Waals surface area (Å²) >= 11 is 0. The lowest BCUT2D eigenvalue weighted by Gasteiger charge is -2.16. The molecule has 9 aromatic carbocycles. The second kappa shape index (κ2) is 7.31. The van der Waals surface area contributed by atoms with E-state index in [0.29, 0.717) is 0 Å². The molecule has 0 amide bonds. The molecule has 0 unspecified atom stereocenters. The summed E-state index contributed by atoms with van der Waals surface area (Å²) in [6.07, 6.45) is 0. The van der Waals surface area contributed by atoms with E-state index in [1.54, 1.807) is 0 Å². The van der Waals surface area contributed by atoms with Gasteiger partial charge in [0.05, 0.1) is 24.7 Å². The molecule has 0 aliphatic heterocycles. The normalized spacial score (nSPS) is 18.8. The standard InChI is InChI=1S/C38H22/c1-4-23-10-12-27-14-18-31(33-20-16-25(6-1)35(23)37(27)33)29-8-3-9-30(22-29)32-19-15-28-13-11-24-5-2-7-26-17-21-34(32)38(28)36(24)26/h1-22H/i1D,2D,4D,5D,6D,7D,10D,11D,12D,13D,14D,15D,16D,17D,18D,19D,20D,21D. The maximum atomic E-state index is 9.20. The van der Waals surface area contributed by atoms with Crippen LogP contribution in [0.3, 0.4) is 0 Å². The van der Waals surface area contributed by atoms with E-state index in [9.17, 15) is 5.48 Å². The highest BCUT2D eigenvalue weighted by atomic mass is 14.2. The van der Waals surface area contributed by atoms with Gasteiger partial charge in [0.25, 0.3) is 0 Å². The second-order valence-electron chi connectivity index (χ2n) is 9.08. The quantitative estimate of drug-likeness (QED) is 0.209. The molecule has 0 heteroatoms. The van der Waals surface area contributed by atoms with Crippen molar-refractivity contribution in [2.24, 2.45) is 0 Å². The predicted octanol–water partition coefficient (Wildman–Crippen LogP) is 10.8. The molecule has 0 fully saturated rings. The summed E-state index contributed by atoms with van der Waals surface area (Å²) in [7, 11) is 0. The largest absolute Gasteiger partial charge is 0.0630 e. The fraction of sp³-hybridized carbons (Fsp3) is 0.